The van der Waals surface area contributed by atoms with Crippen LogP contribution in [0, 0.1) is 16.7 Å². The van der Waals surface area contributed by atoms with Crippen LogP contribution in [-0.2, 0) is 14.3 Å². The quantitative estimate of drug-likeness (QED) is 0.735. The van der Waals surface area contributed by atoms with Crippen molar-refractivity contribution in [1.29, 1.82) is 0 Å². The standard InChI is InChI=1S/C16H24O3/c1-10(17)12-9-15(2,3)7-11-8-16(11,4)13(12)6-14(18)19-5/h11H,6-9H2,1-5H3/t11-,16+/m0/s1. The summed E-state index contributed by atoms with van der Waals surface area (Å²) in [4.78, 5) is 23.7. The lowest BCUT2D eigenvalue weighted by molar-refractivity contribution is -0.139. The molecule has 2 rings (SSSR count). The minimum atomic E-state index is -0.236. The van der Waals surface area contributed by atoms with Gasteiger partial charge in [-0.25, -0.2) is 0 Å². The summed E-state index contributed by atoms with van der Waals surface area (Å²) in [6, 6.07) is 0. The van der Waals surface area contributed by atoms with Crippen molar-refractivity contribution in [3.8, 4) is 0 Å². The molecule has 0 aromatic rings. The van der Waals surface area contributed by atoms with Crippen LogP contribution in [0.4, 0.5) is 0 Å². The molecule has 1 saturated carbocycles. The Morgan fingerprint density at radius 3 is 2.42 bits per heavy atom. The third-order valence-corrected chi connectivity index (χ3v) is 4.89. The van der Waals surface area contributed by atoms with Gasteiger partial charge in [-0.2, -0.15) is 0 Å². The monoisotopic (exact) mass is 264 g/mol. The number of Topliss-reactive ketones (excluding diaryl/α,β-unsaturated/α-hetero) is 1. The van der Waals surface area contributed by atoms with E-state index in [0.717, 1.165) is 30.4 Å². The largest absolute Gasteiger partial charge is 0.469 e. The van der Waals surface area contributed by atoms with Crippen molar-refractivity contribution < 1.29 is 14.3 Å². The van der Waals surface area contributed by atoms with Crippen LogP contribution in [0.2, 0.25) is 0 Å². The zero-order valence-electron chi connectivity index (χ0n) is 12.6. The molecule has 0 aromatic heterocycles. The summed E-state index contributed by atoms with van der Waals surface area (Å²) in [6.45, 7) is 8.25. The second-order valence-corrected chi connectivity index (χ2v) is 7.13. The summed E-state index contributed by atoms with van der Waals surface area (Å²) >= 11 is 0. The van der Waals surface area contributed by atoms with Crippen molar-refractivity contribution in [2.75, 3.05) is 7.11 Å². The van der Waals surface area contributed by atoms with Gasteiger partial charge in [0.1, 0.15) is 0 Å². The maximum Gasteiger partial charge on any atom is 0.309 e. The molecule has 3 nitrogen and oxygen atoms in total. The van der Waals surface area contributed by atoms with E-state index < -0.39 is 0 Å². The van der Waals surface area contributed by atoms with Gasteiger partial charge >= 0.3 is 5.97 Å². The van der Waals surface area contributed by atoms with E-state index >= 15 is 0 Å². The molecule has 2 aliphatic carbocycles. The third kappa shape index (κ3) is 2.60. The van der Waals surface area contributed by atoms with Gasteiger partial charge in [0.25, 0.3) is 0 Å². The SMILES string of the molecule is COC(=O)CC1=C(C(C)=O)CC(C)(C)C[C@H]2C[C@@]12C. The number of carbonyl (C=O) groups is 2. The summed E-state index contributed by atoms with van der Waals surface area (Å²) < 4.78 is 4.80. The molecule has 19 heavy (non-hydrogen) atoms. The number of carbonyl (C=O) groups excluding carboxylic acids is 2. The highest BCUT2D eigenvalue weighted by Crippen LogP contribution is 2.65. The van der Waals surface area contributed by atoms with Crippen molar-refractivity contribution in [3.63, 3.8) is 0 Å². The van der Waals surface area contributed by atoms with E-state index in [9.17, 15) is 9.59 Å². The minimum Gasteiger partial charge on any atom is -0.469 e. The molecular weight excluding hydrogens is 240 g/mol. The number of hydrogen-bond acceptors (Lipinski definition) is 3. The molecule has 0 aliphatic heterocycles. The van der Waals surface area contributed by atoms with E-state index in [1.165, 1.54) is 7.11 Å². The van der Waals surface area contributed by atoms with Gasteiger partial charge in [-0.1, -0.05) is 20.8 Å². The van der Waals surface area contributed by atoms with Crippen LogP contribution in [-0.4, -0.2) is 18.9 Å². The molecule has 2 aliphatic rings. The Morgan fingerprint density at radius 2 is 1.89 bits per heavy atom. The van der Waals surface area contributed by atoms with Gasteiger partial charge in [-0.05, 0) is 54.1 Å². The van der Waals surface area contributed by atoms with Crippen molar-refractivity contribution in [3.05, 3.63) is 11.1 Å². The maximum absolute atomic E-state index is 12.0. The first kappa shape index (κ1) is 14.3. The summed E-state index contributed by atoms with van der Waals surface area (Å²) in [6.07, 6.45) is 3.28. The van der Waals surface area contributed by atoms with E-state index in [1.807, 2.05) is 0 Å². The number of allylic oxidation sites excluding steroid dienone is 1. The summed E-state index contributed by atoms with van der Waals surface area (Å²) in [5.41, 5.74) is 2.10. The number of hydrogen-bond donors (Lipinski definition) is 0. The molecule has 0 amide bonds. The van der Waals surface area contributed by atoms with Gasteiger partial charge in [0, 0.05) is 0 Å². The fourth-order valence-electron chi connectivity index (χ4n) is 3.65. The Bertz CT molecular complexity index is 459. The second-order valence-electron chi connectivity index (χ2n) is 7.13. The van der Waals surface area contributed by atoms with E-state index in [0.29, 0.717) is 5.92 Å². The number of methoxy groups -OCH3 is 1. The lowest BCUT2D eigenvalue weighted by atomic mass is 9.80. The van der Waals surface area contributed by atoms with Crippen LogP contribution >= 0.6 is 0 Å². The topological polar surface area (TPSA) is 43.4 Å². The second kappa shape index (κ2) is 4.46. The Morgan fingerprint density at radius 1 is 1.26 bits per heavy atom. The molecule has 1 fully saturated rings. The molecule has 0 radical (unpaired) electrons. The van der Waals surface area contributed by atoms with Gasteiger partial charge in [0.15, 0.2) is 5.78 Å². The fourth-order valence-corrected chi connectivity index (χ4v) is 3.65. The number of fused-ring (bicyclic) bond motifs is 1. The molecular formula is C16H24O3. The number of rotatable bonds is 3. The first-order valence-electron chi connectivity index (χ1n) is 7.00. The predicted octanol–water partition coefficient (Wildman–Crippen LogP) is 3.28. The Labute approximate surface area is 115 Å². The van der Waals surface area contributed by atoms with Gasteiger partial charge in [-0.3, -0.25) is 9.59 Å². The molecule has 0 heterocycles. The first-order chi connectivity index (χ1) is 8.69. The molecule has 0 bridgehead atoms. The Balaban J connectivity index is 2.44. The van der Waals surface area contributed by atoms with E-state index in [2.05, 4.69) is 20.8 Å². The summed E-state index contributed by atoms with van der Waals surface area (Å²) in [7, 11) is 1.41. The molecule has 0 aromatic carbocycles. The van der Waals surface area contributed by atoms with Crippen molar-refractivity contribution in [2.24, 2.45) is 16.7 Å². The van der Waals surface area contributed by atoms with Crippen LogP contribution in [0.5, 0.6) is 0 Å². The fraction of sp³-hybridized carbons (Fsp3) is 0.750. The predicted molar refractivity (Wildman–Crippen MR) is 73.6 cm³/mol. The van der Waals surface area contributed by atoms with E-state index in [1.54, 1.807) is 6.92 Å². The molecule has 2 atom stereocenters. The average molecular weight is 264 g/mol. The summed E-state index contributed by atoms with van der Waals surface area (Å²) in [5.74, 6) is 0.486. The first-order valence-corrected chi connectivity index (χ1v) is 7.00. The van der Waals surface area contributed by atoms with Crippen molar-refractivity contribution in [2.45, 2.75) is 53.4 Å². The number of ketones is 1. The van der Waals surface area contributed by atoms with Crippen LogP contribution in [0.25, 0.3) is 0 Å². The highest BCUT2D eigenvalue weighted by atomic mass is 16.5. The van der Waals surface area contributed by atoms with Gasteiger partial charge in [0.05, 0.1) is 13.5 Å². The maximum atomic E-state index is 12.0. The zero-order chi connectivity index (χ0) is 14.4. The highest BCUT2D eigenvalue weighted by Gasteiger charge is 2.56. The third-order valence-electron chi connectivity index (χ3n) is 4.89. The Kier molecular flexibility index (Phi) is 3.36. The van der Waals surface area contributed by atoms with Crippen LogP contribution in [0.3, 0.4) is 0 Å². The highest BCUT2D eigenvalue weighted by molar-refractivity contribution is 5.95. The number of esters is 1. The van der Waals surface area contributed by atoms with E-state index in [4.69, 9.17) is 4.74 Å². The molecule has 3 heteroatoms. The van der Waals surface area contributed by atoms with E-state index in [-0.39, 0.29) is 29.0 Å². The van der Waals surface area contributed by atoms with Crippen molar-refractivity contribution >= 4 is 11.8 Å². The van der Waals surface area contributed by atoms with Crippen LogP contribution in [0.15, 0.2) is 11.1 Å². The van der Waals surface area contributed by atoms with Crippen LogP contribution < -0.4 is 0 Å². The van der Waals surface area contributed by atoms with Crippen LogP contribution in [0.1, 0.15) is 53.4 Å². The Hall–Kier alpha value is -1.12. The lowest BCUT2D eigenvalue weighted by Gasteiger charge is -2.24. The molecule has 0 saturated heterocycles. The smallest absolute Gasteiger partial charge is 0.309 e. The number of ether oxygens (including phenoxy) is 1. The normalized spacial score (nSPS) is 32.4. The minimum absolute atomic E-state index is 0.0446. The van der Waals surface area contributed by atoms with Gasteiger partial charge in [-0.15, -0.1) is 0 Å². The molecule has 106 valence electrons. The molecule has 0 N–H and O–H groups in total. The zero-order valence-corrected chi connectivity index (χ0v) is 12.6. The average Bonchev–Trinajstić information content (AvgIpc) is 2.93. The molecule has 0 spiro atoms. The molecule has 0 unspecified atom stereocenters. The summed E-state index contributed by atoms with van der Waals surface area (Å²) in [5, 5.41) is 0. The van der Waals surface area contributed by atoms with Gasteiger partial charge in [0.2, 0.25) is 0 Å². The van der Waals surface area contributed by atoms with Gasteiger partial charge < -0.3 is 4.74 Å². The van der Waals surface area contributed by atoms with Crippen molar-refractivity contribution in [1.82, 2.24) is 0 Å². The lowest BCUT2D eigenvalue weighted by Crippen LogP contribution is -2.17.